The summed E-state index contributed by atoms with van der Waals surface area (Å²) >= 11 is 0. The van der Waals surface area contributed by atoms with E-state index in [2.05, 4.69) is 5.32 Å². The molecule has 1 aliphatic heterocycles. The fraction of sp³-hybridized carbons (Fsp3) is 0.429. The minimum Gasteiger partial charge on any atom is -0.370 e. The molecule has 0 bridgehead atoms. The van der Waals surface area contributed by atoms with Crippen LogP contribution in [0.2, 0.25) is 0 Å². The van der Waals surface area contributed by atoms with Crippen LogP contribution in [0.25, 0.3) is 0 Å². The number of halogens is 3. The molecule has 1 saturated heterocycles. The van der Waals surface area contributed by atoms with Crippen LogP contribution in [0.4, 0.5) is 24.5 Å². The van der Waals surface area contributed by atoms with Gasteiger partial charge in [-0.05, 0) is 18.2 Å². The van der Waals surface area contributed by atoms with Gasteiger partial charge in [0.2, 0.25) is 5.91 Å². The standard InChI is InChI=1S/C14H17F3N4O3/c15-14(16,17)9-5-8(20-13(23)10(19)6-18)1-2-11(9)21-3-4-24-7-12(21)22/h1-2,5,10H,3-4,6-7,18-19H2,(H,20,23)/t10-/m1/s1. The van der Waals surface area contributed by atoms with Gasteiger partial charge >= 0.3 is 6.18 Å². The minimum atomic E-state index is -4.70. The zero-order valence-electron chi connectivity index (χ0n) is 12.6. The number of carbonyl (C=O) groups excluding carboxylic acids is 2. The van der Waals surface area contributed by atoms with Gasteiger partial charge in [-0.3, -0.25) is 9.59 Å². The van der Waals surface area contributed by atoms with E-state index in [1.807, 2.05) is 0 Å². The first kappa shape index (κ1) is 18.2. The number of carbonyl (C=O) groups is 2. The summed E-state index contributed by atoms with van der Waals surface area (Å²) in [6.07, 6.45) is -4.70. The lowest BCUT2D eigenvalue weighted by Crippen LogP contribution is -2.43. The lowest BCUT2D eigenvalue weighted by atomic mass is 10.1. The summed E-state index contributed by atoms with van der Waals surface area (Å²) in [5.41, 5.74) is 9.27. The zero-order valence-corrected chi connectivity index (χ0v) is 12.6. The van der Waals surface area contributed by atoms with Gasteiger partial charge in [0.15, 0.2) is 0 Å². The average Bonchev–Trinajstić information content (AvgIpc) is 2.54. The summed E-state index contributed by atoms with van der Waals surface area (Å²) < 4.78 is 45.0. The number of hydrogen-bond donors (Lipinski definition) is 3. The van der Waals surface area contributed by atoms with Crippen LogP contribution in [0.1, 0.15) is 5.56 Å². The number of hydrogen-bond acceptors (Lipinski definition) is 5. The highest BCUT2D eigenvalue weighted by molar-refractivity contribution is 5.97. The van der Waals surface area contributed by atoms with E-state index in [1.165, 1.54) is 6.07 Å². The van der Waals surface area contributed by atoms with Crippen LogP contribution in [0.15, 0.2) is 18.2 Å². The molecule has 2 amide bonds. The van der Waals surface area contributed by atoms with E-state index in [1.54, 1.807) is 0 Å². The summed E-state index contributed by atoms with van der Waals surface area (Å²) in [5.74, 6) is -1.26. The Hall–Kier alpha value is -2.17. The molecule has 1 atom stereocenters. The summed E-state index contributed by atoms with van der Waals surface area (Å²) in [6, 6.07) is 2.14. The quantitative estimate of drug-likeness (QED) is 0.726. The molecule has 5 N–H and O–H groups in total. The van der Waals surface area contributed by atoms with Crippen LogP contribution in [0.3, 0.4) is 0 Å². The van der Waals surface area contributed by atoms with Crippen LogP contribution in [-0.2, 0) is 20.5 Å². The average molecular weight is 346 g/mol. The molecule has 1 heterocycles. The maximum absolute atomic E-state index is 13.3. The number of nitrogens with zero attached hydrogens (tertiary/aromatic N) is 1. The predicted octanol–water partition coefficient (Wildman–Crippen LogP) is 0.293. The van der Waals surface area contributed by atoms with Crippen molar-refractivity contribution >= 4 is 23.2 Å². The molecular formula is C14H17F3N4O3. The Morgan fingerprint density at radius 1 is 1.42 bits per heavy atom. The number of nitrogens with one attached hydrogen (secondary N) is 1. The second kappa shape index (κ2) is 7.16. The molecule has 0 saturated carbocycles. The Morgan fingerprint density at radius 3 is 2.71 bits per heavy atom. The number of alkyl halides is 3. The summed E-state index contributed by atoms with van der Waals surface area (Å²) in [6.45, 7) is -0.252. The van der Waals surface area contributed by atoms with Crippen molar-refractivity contribution in [2.45, 2.75) is 12.2 Å². The first-order chi connectivity index (χ1) is 11.2. The van der Waals surface area contributed by atoms with Gasteiger partial charge < -0.3 is 26.4 Å². The van der Waals surface area contributed by atoms with Crippen molar-refractivity contribution in [3.05, 3.63) is 23.8 Å². The molecule has 132 valence electrons. The van der Waals surface area contributed by atoms with E-state index in [9.17, 15) is 22.8 Å². The van der Waals surface area contributed by atoms with Gasteiger partial charge in [0, 0.05) is 18.8 Å². The van der Waals surface area contributed by atoms with E-state index < -0.39 is 29.6 Å². The van der Waals surface area contributed by atoms with E-state index in [4.69, 9.17) is 16.2 Å². The lowest BCUT2D eigenvalue weighted by molar-refractivity contribution is -0.137. The highest BCUT2D eigenvalue weighted by atomic mass is 19.4. The summed E-state index contributed by atoms with van der Waals surface area (Å²) in [4.78, 5) is 24.5. The number of benzene rings is 1. The Labute approximate surface area is 135 Å². The van der Waals surface area contributed by atoms with Gasteiger partial charge in [0.1, 0.15) is 6.61 Å². The van der Waals surface area contributed by atoms with Crippen molar-refractivity contribution in [2.75, 3.05) is 36.5 Å². The Bertz CT molecular complexity index is 636. The highest BCUT2D eigenvalue weighted by Crippen LogP contribution is 2.38. The molecule has 1 fully saturated rings. The molecule has 0 aliphatic carbocycles. The van der Waals surface area contributed by atoms with Gasteiger partial charge in [-0.25, -0.2) is 0 Å². The van der Waals surface area contributed by atoms with Crippen molar-refractivity contribution < 1.29 is 27.5 Å². The van der Waals surface area contributed by atoms with Crippen molar-refractivity contribution in [1.82, 2.24) is 0 Å². The van der Waals surface area contributed by atoms with E-state index in [0.29, 0.717) is 0 Å². The number of rotatable bonds is 4. The third kappa shape index (κ3) is 4.02. The van der Waals surface area contributed by atoms with Gasteiger partial charge in [-0.1, -0.05) is 0 Å². The van der Waals surface area contributed by atoms with Crippen LogP contribution < -0.4 is 21.7 Å². The fourth-order valence-electron chi connectivity index (χ4n) is 2.19. The second-order valence-electron chi connectivity index (χ2n) is 5.16. The van der Waals surface area contributed by atoms with Crippen LogP contribution in [0, 0.1) is 0 Å². The van der Waals surface area contributed by atoms with Gasteiger partial charge in [-0.2, -0.15) is 13.2 Å². The first-order valence-electron chi connectivity index (χ1n) is 7.10. The summed E-state index contributed by atoms with van der Waals surface area (Å²) in [7, 11) is 0. The molecule has 1 aromatic rings. The summed E-state index contributed by atoms with van der Waals surface area (Å²) in [5, 5.41) is 2.27. The normalized spacial score (nSPS) is 16.9. The SMILES string of the molecule is NC[C@@H](N)C(=O)Nc1ccc(N2CCOCC2=O)c(C(F)(F)F)c1. The molecular weight excluding hydrogens is 329 g/mol. The lowest BCUT2D eigenvalue weighted by Gasteiger charge is -2.29. The molecule has 2 rings (SSSR count). The molecule has 24 heavy (non-hydrogen) atoms. The van der Waals surface area contributed by atoms with Crippen LogP contribution >= 0.6 is 0 Å². The Balaban J connectivity index is 2.36. The molecule has 7 nitrogen and oxygen atoms in total. The smallest absolute Gasteiger partial charge is 0.370 e. The second-order valence-corrected chi connectivity index (χ2v) is 5.16. The molecule has 0 spiro atoms. The molecule has 0 radical (unpaired) electrons. The molecule has 1 aliphatic rings. The van der Waals surface area contributed by atoms with Crippen molar-refractivity contribution in [3.8, 4) is 0 Å². The van der Waals surface area contributed by atoms with Crippen LogP contribution in [-0.4, -0.2) is 44.2 Å². The largest absolute Gasteiger partial charge is 0.418 e. The predicted molar refractivity (Wildman–Crippen MR) is 80.3 cm³/mol. The maximum Gasteiger partial charge on any atom is 0.418 e. The van der Waals surface area contributed by atoms with E-state index >= 15 is 0 Å². The number of ether oxygens (including phenoxy) is 1. The molecule has 10 heteroatoms. The van der Waals surface area contributed by atoms with E-state index in [0.717, 1.165) is 17.0 Å². The van der Waals surface area contributed by atoms with Crippen molar-refractivity contribution in [2.24, 2.45) is 11.5 Å². The third-order valence-electron chi connectivity index (χ3n) is 3.44. The zero-order chi connectivity index (χ0) is 17.9. The van der Waals surface area contributed by atoms with Crippen LogP contribution in [0.5, 0.6) is 0 Å². The molecule has 0 unspecified atom stereocenters. The number of morpholine rings is 1. The third-order valence-corrected chi connectivity index (χ3v) is 3.44. The topological polar surface area (TPSA) is 111 Å². The fourth-order valence-corrected chi connectivity index (χ4v) is 2.19. The van der Waals surface area contributed by atoms with E-state index in [-0.39, 0.29) is 37.7 Å². The van der Waals surface area contributed by atoms with Gasteiger partial charge in [0.25, 0.3) is 5.91 Å². The first-order valence-corrected chi connectivity index (χ1v) is 7.10. The molecule has 0 aromatic heterocycles. The Morgan fingerprint density at radius 2 is 2.12 bits per heavy atom. The van der Waals surface area contributed by atoms with Gasteiger partial charge in [-0.15, -0.1) is 0 Å². The van der Waals surface area contributed by atoms with Crippen molar-refractivity contribution in [1.29, 1.82) is 0 Å². The number of nitrogens with two attached hydrogens (primary N) is 2. The minimum absolute atomic E-state index is 0.0195. The van der Waals surface area contributed by atoms with Crippen molar-refractivity contribution in [3.63, 3.8) is 0 Å². The number of amides is 2. The Kier molecular flexibility index (Phi) is 5.42. The highest BCUT2D eigenvalue weighted by Gasteiger charge is 2.37. The maximum atomic E-state index is 13.3. The molecule has 1 aromatic carbocycles. The van der Waals surface area contributed by atoms with Gasteiger partial charge in [0.05, 0.1) is 23.9 Å². The number of anilines is 2. The monoisotopic (exact) mass is 346 g/mol.